The summed E-state index contributed by atoms with van der Waals surface area (Å²) in [7, 11) is 2.09. The first-order valence-electron chi connectivity index (χ1n) is 9.43. The third kappa shape index (κ3) is 5.20. The summed E-state index contributed by atoms with van der Waals surface area (Å²) in [5, 5.41) is 0. The molecular formula is C21H27N3O3. The van der Waals surface area contributed by atoms with Crippen LogP contribution in [0.15, 0.2) is 42.7 Å². The van der Waals surface area contributed by atoms with E-state index in [1.807, 2.05) is 36.1 Å². The van der Waals surface area contributed by atoms with E-state index in [9.17, 15) is 4.79 Å². The van der Waals surface area contributed by atoms with Gasteiger partial charge in [-0.25, -0.2) is 0 Å². The maximum absolute atomic E-state index is 12.9. The summed E-state index contributed by atoms with van der Waals surface area (Å²) in [4.78, 5) is 21.1. The Labute approximate surface area is 160 Å². The van der Waals surface area contributed by atoms with Crippen molar-refractivity contribution in [1.29, 1.82) is 0 Å². The number of aromatic nitrogens is 1. The standard InChI is InChI=1S/C21H27N3O3/c1-3-26-20-15-18(21(25)24-12-4-11-23(2)13-14-24)5-6-19(20)27-16-17-7-9-22-10-8-17/h5-10,15H,3-4,11-14,16H2,1-2H3. The van der Waals surface area contributed by atoms with E-state index in [4.69, 9.17) is 9.47 Å². The third-order valence-electron chi connectivity index (χ3n) is 4.64. The largest absolute Gasteiger partial charge is 0.490 e. The topological polar surface area (TPSA) is 54.9 Å². The number of pyridine rings is 1. The van der Waals surface area contributed by atoms with Crippen molar-refractivity contribution >= 4 is 5.91 Å². The van der Waals surface area contributed by atoms with Gasteiger partial charge in [-0.05, 0) is 62.8 Å². The minimum atomic E-state index is 0.0481. The van der Waals surface area contributed by atoms with Gasteiger partial charge in [0.15, 0.2) is 11.5 Å². The summed E-state index contributed by atoms with van der Waals surface area (Å²) in [6.45, 7) is 6.32. The predicted octanol–water partition coefficient (Wildman–Crippen LogP) is 2.84. The van der Waals surface area contributed by atoms with Crippen LogP contribution in [0.1, 0.15) is 29.3 Å². The van der Waals surface area contributed by atoms with E-state index in [0.29, 0.717) is 30.3 Å². The number of benzene rings is 1. The third-order valence-corrected chi connectivity index (χ3v) is 4.64. The molecule has 0 N–H and O–H groups in total. The molecule has 3 rings (SSSR count). The summed E-state index contributed by atoms with van der Waals surface area (Å²) in [5.74, 6) is 1.29. The summed E-state index contributed by atoms with van der Waals surface area (Å²) in [6, 6.07) is 9.26. The lowest BCUT2D eigenvalue weighted by atomic mass is 10.1. The van der Waals surface area contributed by atoms with Crippen molar-refractivity contribution in [1.82, 2.24) is 14.8 Å². The lowest BCUT2D eigenvalue weighted by molar-refractivity contribution is 0.0762. The minimum absolute atomic E-state index is 0.0481. The van der Waals surface area contributed by atoms with Gasteiger partial charge in [-0.15, -0.1) is 0 Å². The van der Waals surface area contributed by atoms with Gasteiger partial charge in [-0.3, -0.25) is 9.78 Å². The maximum Gasteiger partial charge on any atom is 0.254 e. The Kier molecular flexibility index (Phi) is 6.65. The zero-order valence-electron chi connectivity index (χ0n) is 16.1. The molecule has 0 aliphatic carbocycles. The molecule has 6 heteroatoms. The van der Waals surface area contributed by atoms with Gasteiger partial charge < -0.3 is 19.3 Å². The Morgan fingerprint density at radius 3 is 2.63 bits per heavy atom. The number of likely N-dealkylation sites (N-methyl/N-ethyl adjacent to an activating group) is 1. The van der Waals surface area contributed by atoms with Crippen molar-refractivity contribution in [3.05, 3.63) is 53.9 Å². The number of ether oxygens (including phenoxy) is 2. The highest BCUT2D eigenvalue weighted by Gasteiger charge is 2.20. The predicted molar refractivity (Wildman–Crippen MR) is 104 cm³/mol. The fraction of sp³-hybridized carbons (Fsp3) is 0.429. The second-order valence-electron chi connectivity index (χ2n) is 6.69. The zero-order valence-corrected chi connectivity index (χ0v) is 16.1. The maximum atomic E-state index is 12.9. The molecule has 6 nitrogen and oxygen atoms in total. The van der Waals surface area contributed by atoms with Crippen molar-refractivity contribution in [3.8, 4) is 11.5 Å². The van der Waals surface area contributed by atoms with Crippen molar-refractivity contribution in [2.24, 2.45) is 0 Å². The number of carbonyl (C=O) groups excluding carboxylic acids is 1. The Balaban J connectivity index is 1.73. The lowest BCUT2D eigenvalue weighted by Crippen LogP contribution is -2.34. The first kappa shape index (κ1) is 19.2. The number of carbonyl (C=O) groups is 1. The van der Waals surface area contributed by atoms with E-state index >= 15 is 0 Å². The SMILES string of the molecule is CCOc1cc(C(=O)N2CCCN(C)CC2)ccc1OCc1ccncc1. The van der Waals surface area contributed by atoms with Gasteiger partial charge in [0.2, 0.25) is 0 Å². The smallest absolute Gasteiger partial charge is 0.254 e. The number of hydrogen-bond donors (Lipinski definition) is 0. The van der Waals surface area contributed by atoms with Crippen LogP contribution in [0.25, 0.3) is 0 Å². The van der Waals surface area contributed by atoms with Crippen molar-refractivity contribution in [2.45, 2.75) is 20.0 Å². The highest BCUT2D eigenvalue weighted by Crippen LogP contribution is 2.30. The number of hydrogen-bond acceptors (Lipinski definition) is 5. The van der Waals surface area contributed by atoms with E-state index in [1.54, 1.807) is 18.5 Å². The molecule has 1 aliphatic rings. The van der Waals surface area contributed by atoms with Crippen LogP contribution < -0.4 is 9.47 Å². The number of rotatable bonds is 6. The molecule has 0 bridgehead atoms. The van der Waals surface area contributed by atoms with Crippen LogP contribution in [0.3, 0.4) is 0 Å². The molecule has 1 saturated heterocycles. The lowest BCUT2D eigenvalue weighted by Gasteiger charge is -2.21. The molecule has 0 saturated carbocycles. The van der Waals surface area contributed by atoms with Crippen LogP contribution in [0, 0.1) is 0 Å². The van der Waals surface area contributed by atoms with E-state index in [2.05, 4.69) is 16.9 Å². The highest BCUT2D eigenvalue weighted by atomic mass is 16.5. The fourth-order valence-corrected chi connectivity index (χ4v) is 3.10. The normalized spacial score (nSPS) is 15.3. The van der Waals surface area contributed by atoms with E-state index in [-0.39, 0.29) is 5.91 Å². The van der Waals surface area contributed by atoms with Gasteiger partial charge >= 0.3 is 0 Å². The monoisotopic (exact) mass is 369 g/mol. The molecule has 0 spiro atoms. The molecule has 1 aromatic carbocycles. The van der Waals surface area contributed by atoms with Crippen molar-refractivity contribution in [3.63, 3.8) is 0 Å². The van der Waals surface area contributed by atoms with Gasteiger partial charge in [-0.1, -0.05) is 0 Å². The minimum Gasteiger partial charge on any atom is -0.490 e. The molecular weight excluding hydrogens is 342 g/mol. The number of nitrogens with zero attached hydrogens (tertiary/aromatic N) is 3. The molecule has 1 amide bonds. The van der Waals surface area contributed by atoms with Crippen LogP contribution in [-0.2, 0) is 6.61 Å². The average Bonchev–Trinajstić information content (AvgIpc) is 2.92. The van der Waals surface area contributed by atoms with Crippen molar-refractivity contribution < 1.29 is 14.3 Å². The van der Waals surface area contributed by atoms with Gasteiger partial charge in [0.25, 0.3) is 5.91 Å². The second kappa shape index (κ2) is 9.37. The Morgan fingerprint density at radius 2 is 1.85 bits per heavy atom. The molecule has 1 fully saturated rings. The molecule has 0 radical (unpaired) electrons. The molecule has 2 aromatic rings. The molecule has 0 unspecified atom stereocenters. The van der Waals surface area contributed by atoms with Gasteiger partial charge in [0.1, 0.15) is 6.61 Å². The summed E-state index contributed by atoms with van der Waals surface area (Å²) >= 11 is 0. The van der Waals surface area contributed by atoms with E-state index in [1.165, 1.54) is 0 Å². The van der Waals surface area contributed by atoms with Crippen molar-refractivity contribution in [2.75, 3.05) is 39.8 Å². The average molecular weight is 369 g/mol. The fourth-order valence-electron chi connectivity index (χ4n) is 3.10. The summed E-state index contributed by atoms with van der Waals surface area (Å²) < 4.78 is 11.6. The van der Waals surface area contributed by atoms with Gasteiger partial charge in [-0.2, -0.15) is 0 Å². The molecule has 144 valence electrons. The van der Waals surface area contributed by atoms with Crippen LogP contribution in [-0.4, -0.2) is 60.5 Å². The van der Waals surface area contributed by atoms with E-state index in [0.717, 1.165) is 38.2 Å². The quantitative estimate of drug-likeness (QED) is 0.784. The Hall–Kier alpha value is -2.60. The summed E-state index contributed by atoms with van der Waals surface area (Å²) in [6.07, 6.45) is 4.47. The zero-order chi connectivity index (χ0) is 19.1. The van der Waals surface area contributed by atoms with Crippen LogP contribution in [0.4, 0.5) is 0 Å². The molecule has 0 atom stereocenters. The highest BCUT2D eigenvalue weighted by molar-refractivity contribution is 5.95. The Bertz CT molecular complexity index is 752. The first-order valence-corrected chi connectivity index (χ1v) is 9.43. The molecule has 2 heterocycles. The second-order valence-corrected chi connectivity index (χ2v) is 6.69. The van der Waals surface area contributed by atoms with Crippen LogP contribution in [0.5, 0.6) is 11.5 Å². The van der Waals surface area contributed by atoms with Gasteiger partial charge in [0, 0.05) is 37.6 Å². The first-order chi connectivity index (χ1) is 13.2. The van der Waals surface area contributed by atoms with E-state index < -0.39 is 0 Å². The van der Waals surface area contributed by atoms with Crippen LogP contribution >= 0.6 is 0 Å². The van der Waals surface area contributed by atoms with Crippen LogP contribution in [0.2, 0.25) is 0 Å². The molecule has 27 heavy (non-hydrogen) atoms. The molecule has 1 aliphatic heterocycles. The van der Waals surface area contributed by atoms with Gasteiger partial charge in [0.05, 0.1) is 6.61 Å². The molecule has 1 aromatic heterocycles. The Morgan fingerprint density at radius 1 is 1.04 bits per heavy atom. The number of amides is 1. The summed E-state index contributed by atoms with van der Waals surface area (Å²) in [5.41, 5.74) is 1.67.